The van der Waals surface area contributed by atoms with Crippen molar-refractivity contribution in [1.29, 1.82) is 0 Å². The number of ether oxygens (including phenoxy) is 1. The number of rotatable bonds is 4. The van der Waals surface area contributed by atoms with Crippen molar-refractivity contribution in [2.75, 3.05) is 27.2 Å². The first-order chi connectivity index (χ1) is 10.5. The summed E-state index contributed by atoms with van der Waals surface area (Å²) in [5, 5.41) is 2.90. The number of likely N-dealkylation sites (N-methyl/N-ethyl adjacent to an activating group) is 1. The van der Waals surface area contributed by atoms with Crippen molar-refractivity contribution in [2.45, 2.75) is 65.1 Å². The summed E-state index contributed by atoms with van der Waals surface area (Å²) in [6.07, 6.45) is 1.16. The zero-order chi connectivity index (χ0) is 17.8. The summed E-state index contributed by atoms with van der Waals surface area (Å²) in [6.45, 7) is 11.0. The lowest BCUT2D eigenvalue weighted by Crippen LogP contribution is -2.53. The molecule has 0 saturated carbocycles. The lowest BCUT2D eigenvalue weighted by molar-refractivity contribution is -0.138. The minimum atomic E-state index is -0.489. The predicted molar refractivity (Wildman–Crippen MR) is 91.3 cm³/mol. The highest BCUT2D eigenvalue weighted by atomic mass is 16.6. The molecule has 6 heteroatoms. The van der Waals surface area contributed by atoms with Gasteiger partial charge in [-0.25, -0.2) is 4.79 Å². The van der Waals surface area contributed by atoms with Crippen LogP contribution >= 0.6 is 0 Å². The molecule has 6 nitrogen and oxygen atoms in total. The highest BCUT2D eigenvalue weighted by Crippen LogP contribution is 2.17. The number of likely N-dealkylation sites (tertiary alicyclic amines) is 1. The second-order valence-corrected chi connectivity index (χ2v) is 7.90. The summed E-state index contributed by atoms with van der Waals surface area (Å²) in [4.78, 5) is 28.4. The Bertz CT molecular complexity index is 400. The van der Waals surface area contributed by atoms with Gasteiger partial charge in [-0.15, -0.1) is 0 Å². The van der Waals surface area contributed by atoms with Crippen LogP contribution in [0.2, 0.25) is 0 Å². The van der Waals surface area contributed by atoms with Gasteiger partial charge in [-0.3, -0.25) is 9.69 Å². The summed E-state index contributed by atoms with van der Waals surface area (Å²) >= 11 is 0. The molecule has 1 fully saturated rings. The molecule has 0 radical (unpaired) electrons. The molecule has 23 heavy (non-hydrogen) atoms. The number of hydrogen-bond acceptors (Lipinski definition) is 4. The molecular weight excluding hydrogens is 294 g/mol. The third-order valence-corrected chi connectivity index (χ3v) is 3.97. The Morgan fingerprint density at radius 3 is 2.09 bits per heavy atom. The van der Waals surface area contributed by atoms with E-state index in [2.05, 4.69) is 19.2 Å². The second kappa shape index (κ2) is 7.99. The van der Waals surface area contributed by atoms with E-state index >= 15 is 0 Å². The van der Waals surface area contributed by atoms with E-state index in [0.29, 0.717) is 13.1 Å². The minimum absolute atomic E-state index is 0.0748. The third-order valence-electron chi connectivity index (χ3n) is 3.97. The molecule has 1 heterocycles. The molecule has 0 aromatic rings. The Kier molecular flexibility index (Phi) is 6.86. The van der Waals surface area contributed by atoms with Gasteiger partial charge in [0.05, 0.1) is 6.04 Å². The Morgan fingerprint density at radius 2 is 1.70 bits per heavy atom. The van der Waals surface area contributed by atoms with Gasteiger partial charge in [0.2, 0.25) is 5.91 Å². The van der Waals surface area contributed by atoms with E-state index in [-0.39, 0.29) is 30.0 Å². The Hall–Kier alpha value is -1.30. The predicted octanol–water partition coefficient (Wildman–Crippen LogP) is 2.09. The molecule has 0 aliphatic carbocycles. The number of nitrogens with zero attached hydrogens (tertiary/aromatic N) is 2. The van der Waals surface area contributed by atoms with Gasteiger partial charge >= 0.3 is 6.09 Å². The van der Waals surface area contributed by atoms with Gasteiger partial charge in [0.1, 0.15) is 5.60 Å². The number of hydrogen-bond donors (Lipinski definition) is 1. The highest BCUT2D eigenvalue weighted by molar-refractivity contribution is 5.82. The molecule has 1 saturated heterocycles. The molecule has 1 rings (SSSR count). The number of carbonyl (C=O) groups is 2. The van der Waals surface area contributed by atoms with E-state index < -0.39 is 5.60 Å². The fourth-order valence-corrected chi connectivity index (χ4v) is 3.01. The third kappa shape index (κ3) is 6.37. The fourth-order valence-electron chi connectivity index (χ4n) is 3.01. The minimum Gasteiger partial charge on any atom is -0.444 e. The summed E-state index contributed by atoms with van der Waals surface area (Å²) in [6, 6.07) is -0.0175. The van der Waals surface area contributed by atoms with Crippen LogP contribution in [0.25, 0.3) is 0 Å². The van der Waals surface area contributed by atoms with Gasteiger partial charge in [0.15, 0.2) is 0 Å². The largest absolute Gasteiger partial charge is 0.444 e. The molecule has 0 aromatic carbocycles. The molecule has 0 spiro atoms. The molecule has 2 amide bonds. The van der Waals surface area contributed by atoms with Crippen molar-refractivity contribution in [3.05, 3.63) is 0 Å². The maximum atomic E-state index is 12.7. The highest BCUT2D eigenvalue weighted by Gasteiger charge is 2.32. The van der Waals surface area contributed by atoms with Crippen molar-refractivity contribution in [3.8, 4) is 0 Å². The first-order valence-electron chi connectivity index (χ1n) is 8.46. The summed E-state index contributed by atoms with van der Waals surface area (Å²) in [5.74, 6) is 0.454. The van der Waals surface area contributed by atoms with Crippen molar-refractivity contribution in [1.82, 2.24) is 15.1 Å². The average molecular weight is 327 g/mol. The van der Waals surface area contributed by atoms with Gasteiger partial charge in [-0.1, -0.05) is 13.8 Å². The summed E-state index contributed by atoms with van der Waals surface area (Å²) < 4.78 is 5.28. The van der Waals surface area contributed by atoms with Crippen LogP contribution in [0.15, 0.2) is 0 Å². The van der Waals surface area contributed by atoms with Crippen molar-refractivity contribution < 1.29 is 14.3 Å². The van der Waals surface area contributed by atoms with E-state index in [1.807, 2.05) is 44.7 Å². The zero-order valence-corrected chi connectivity index (χ0v) is 15.7. The number of piperidine rings is 1. The van der Waals surface area contributed by atoms with Crippen LogP contribution in [0.4, 0.5) is 4.79 Å². The molecule has 134 valence electrons. The zero-order valence-electron chi connectivity index (χ0n) is 15.7. The van der Waals surface area contributed by atoms with Gasteiger partial charge in [-0.2, -0.15) is 0 Å². The molecule has 1 aliphatic heterocycles. The first-order valence-corrected chi connectivity index (χ1v) is 8.46. The monoisotopic (exact) mass is 327 g/mol. The van der Waals surface area contributed by atoms with Crippen LogP contribution in [-0.4, -0.2) is 66.7 Å². The first kappa shape index (κ1) is 19.7. The van der Waals surface area contributed by atoms with Crippen LogP contribution in [0.3, 0.4) is 0 Å². The Morgan fingerprint density at radius 1 is 1.17 bits per heavy atom. The van der Waals surface area contributed by atoms with Gasteiger partial charge in [0.25, 0.3) is 0 Å². The molecular formula is C17H33N3O3. The van der Waals surface area contributed by atoms with Crippen molar-refractivity contribution in [2.24, 2.45) is 5.92 Å². The Balaban J connectivity index is 2.49. The SMILES string of the molecule is CC(C)C(C(=O)N1CCC(NC(=O)OC(C)(C)C)CC1)N(C)C. The molecule has 1 unspecified atom stereocenters. The van der Waals surface area contributed by atoms with E-state index in [9.17, 15) is 9.59 Å². The van der Waals surface area contributed by atoms with Crippen molar-refractivity contribution in [3.63, 3.8) is 0 Å². The standard InChI is InChI=1S/C17H33N3O3/c1-12(2)14(19(6)7)15(21)20-10-8-13(9-11-20)18-16(22)23-17(3,4)5/h12-14H,8-11H2,1-7H3,(H,18,22). The lowest BCUT2D eigenvalue weighted by atomic mass is 9.99. The molecule has 1 atom stereocenters. The Labute approximate surface area is 140 Å². The molecule has 0 aromatic heterocycles. The topological polar surface area (TPSA) is 61.9 Å². The van der Waals surface area contributed by atoms with E-state index in [1.165, 1.54) is 0 Å². The summed E-state index contributed by atoms with van der Waals surface area (Å²) in [5.41, 5.74) is -0.489. The van der Waals surface area contributed by atoms with E-state index in [0.717, 1.165) is 12.8 Å². The average Bonchev–Trinajstić information content (AvgIpc) is 2.36. The number of amides is 2. The van der Waals surface area contributed by atoms with Crippen LogP contribution in [0, 0.1) is 5.92 Å². The fraction of sp³-hybridized carbons (Fsp3) is 0.882. The molecule has 1 aliphatic rings. The van der Waals surface area contributed by atoms with Crippen LogP contribution in [0.1, 0.15) is 47.5 Å². The number of carbonyl (C=O) groups excluding carboxylic acids is 2. The maximum Gasteiger partial charge on any atom is 0.407 e. The molecule has 1 N–H and O–H groups in total. The van der Waals surface area contributed by atoms with Crippen LogP contribution in [-0.2, 0) is 9.53 Å². The van der Waals surface area contributed by atoms with E-state index in [4.69, 9.17) is 4.74 Å². The van der Waals surface area contributed by atoms with Crippen LogP contribution in [0.5, 0.6) is 0 Å². The number of alkyl carbamates (subject to hydrolysis) is 1. The van der Waals surface area contributed by atoms with E-state index in [1.54, 1.807) is 0 Å². The quantitative estimate of drug-likeness (QED) is 0.859. The van der Waals surface area contributed by atoms with Crippen LogP contribution < -0.4 is 5.32 Å². The smallest absolute Gasteiger partial charge is 0.407 e. The van der Waals surface area contributed by atoms with Gasteiger partial charge < -0.3 is 15.0 Å². The number of nitrogens with one attached hydrogen (secondary N) is 1. The van der Waals surface area contributed by atoms with Gasteiger partial charge in [-0.05, 0) is 53.6 Å². The summed E-state index contributed by atoms with van der Waals surface area (Å²) in [7, 11) is 3.89. The molecule has 0 bridgehead atoms. The normalized spacial score (nSPS) is 18.2. The van der Waals surface area contributed by atoms with Crippen molar-refractivity contribution >= 4 is 12.0 Å². The maximum absolute atomic E-state index is 12.7. The second-order valence-electron chi connectivity index (χ2n) is 7.90. The lowest BCUT2D eigenvalue weighted by Gasteiger charge is -2.37. The van der Waals surface area contributed by atoms with Gasteiger partial charge in [0, 0.05) is 19.1 Å².